The van der Waals surface area contributed by atoms with Crippen LogP contribution in [0.4, 0.5) is 20.6 Å². The number of rotatable bonds is 4. The molecule has 2 aliphatic rings. The third-order valence-corrected chi connectivity index (χ3v) is 4.55. The zero-order chi connectivity index (χ0) is 17.4. The topological polar surface area (TPSA) is 89.5 Å². The van der Waals surface area contributed by atoms with Crippen LogP contribution in [0, 0.1) is 5.82 Å². The van der Waals surface area contributed by atoms with Crippen molar-refractivity contribution in [1.82, 2.24) is 15.0 Å². The van der Waals surface area contributed by atoms with Gasteiger partial charge in [0.25, 0.3) is 0 Å². The molecule has 140 valence electrons. The summed E-state index contributed by atoms with van der Waals surface area (Å²) in [6.07, 6.45) is 3.27. The van der Waals surface area contributed by atoms with Gasteiger partial charge in [-0.2, -0.15) is 0 Å². The van der Waals surface area contributed by atoms with Crippen molar-refractivity contribution in [3.05, 3.63) is 36.4 Å². The fraction of sp³-hybridized carbons (Fsp3) is 0.438. The Kier molecular flexibility index (Phi) is 5.28. The lowest BCUT2D eigenvalue weighted by Gasteiger charge is -2.20. The van der Waals surface area contributed by atoms with Crippen LogP contribution in [0.5, 0.6) is 0 Å². The van der Waals surface area contributed by atoms with Gasteiger partial charge < -0.3 is 15.4 Å². The minimum Gasteiger partial charge on any atom is -0.442 e. The maximum atomic E-state index is 14.5. The number of carbonyl (C=O) groups excluding carboxylic acids is 1. The maximum absolute atomic E-state index is 14.5. The number of aromatic nitrogens is 3. The molecule has 0 unspecified atom stereocenters. The number of ether oxygens (including phenoxy) is 1. The van der Waals surface area contributed by atoms with Crippen molar-refractivity contribution in [1.29, 1.82) is 0 Å². The maximum Gasteiger partial charge on any atom is 0.414 e. The number of hydrogen-bond acceptors (Lipinski definition) is 6. The van der Waals surface area contributed by atoms with Gasteiger partial charge in [0.05, 0.1) is 30.7 Å². The van der Waals surface area contributed by atoms with E-state index < -0.39 is 6.09 Å². The first-order chi connectivity index (χ1) is 12.1. The Morgan fingerprint density at radius 1 is 1.35 bits per heavy atom. The molecule has 0 bridgehead atoms. The smallest absolute Gasteiger partial charge is 0.414 e. The Morgan fingerprint density at radius 2 is 2.19 bits per heavy atom. The van der Waals surface area contributed by atoms with Crippen LogP contribution in [-0.2, 0) is 11.3 Å². The first kappa shape index (κ1) is 18.4. The van der Waals surface area contributed by atoms with Crippen molar-refractivity contribution in [3.63, 3.8) is 0 Å². The van der Waals surface area contributed by atoms with Gasteiger partial charge in [-0.1, -0.05) is 5.21 Å². The van der Waals surface area contributed by atoms with Crippen LogP contribution >= 0.6 is 12.4 Å². The van der Waals surface area contributed by atoms with E-state index in [1.807, 2.05) is 4.90 Å². The van der Waals surface area contributed by atoms with Gasteiger partial charge in [0.15, 0.2) is 0 Å². The molecule has 10 heteroatoms. The normalized spacial score (nSPS) is 22.5. The average Bonchev–Trinajstić information content (AvgIpc) is 3.30. The molecule has 8 nitrogen and oxygen atoms in total. The standard InChI is InChI=1S/C16H19FN6O2.ClH/c17-14-7-12(1-2-15(14)21-5-3-11(18)8-21)23-10-13(25-16(23)24)9-22-6-4-19-20-22;/h1-2,4,6-7,11,13H,3,5,8-10,18H2;1H/t11-,13-;/m0./s1. The molecule has 1 amide bonds. The predicted octanol–water partition coefficient (Wildman–Crippen LogP) is 1.40. The molecule has 0 radical (unpaired) electrons. The molecule has 0 saturated carbocycles. The molecule has 2 aliphatic heterocycles. The first-order valence-corrected chi connectivity index (χ1v) is 8.22. The van der Waals surface area contributed by atoms with Gasteiger partial charge >= 0.3 is 6.09 Å². The fourth-order valence-electron chi connectivity index (χ4n) is 3.29. The van der Waals surface area contributed by atoms with Crippen LogP contribution in [0.15, 0.2) is 30.6 Å². The summed E-state index contributed by atoms with van der Waals surface area (Å²) in [7, 11) is 0. The van der Waals surface area contributed by atoms with E-state index in [1.165, 1.54) is 11.0 Å². The van der Waals surface area contributed by atoms with Crippen LogP contribution in [0.2, 0.25) is 0 Å². The third kappa shape index (κ3) is 3.58. The Balaban J connectivity index is 0.00000196. The summed E-state index contributed by atoms with van der Waals surface area (Å²) in [6, 6.07) is 4.88. The summed E-state index contributed by atoms with van der Waals surface area (Å²) in [5.41, 5.74) is 6.89. The third-order valence-electron chi connectivity index (χ3n) is 4.55. The second-order valence-electron chi connectivity index (χ2n) is 6.37. The highest BCUT2D eigenvalue weighted by atomic mass is 35.5. The molecule has 4 rings (SSSR count). The molecular weight excluding hydrogens is 363 g/mol. The Bertz CT molecular complexity index is 774. The highest BCUT2D eigenvalue weighted by molar-refractivity contribution is 5.90. The van der Waals surface area contributed by atoms with Crippen molar-refractivity contribution in [2.75, 3.05) is 29.4 Å². The number of nitrogens with two attached hydrogens (primary N) is 1. The van der Waals surface area contributed by atoms with E-state index in [1.54, 1.807) is 29.2 Å². The Labute approximate surface area is 156 Å². The number of carbonyl (C=O) groups is 1. The van der Waals surface area contributed by atoms with Crippen LogP contribution in [0.1, 0.15) is 6.42 Å². The molecule has 2 saturated heterocycles. The lowest BCUT2D eigenvalue weighted by molar-refractivity contribution is 0.129. The molecule has 2 fully saturated rings. The minimum absolute atomic E-state index is 0. The second kappa shape index (κ2) is 7.46. The molecule has 0 aliphatic carbocycles. The zero-order valence-electron chi connectivity index (χ0n) is 14.0. The molecule has 3 heterocycles. The van der Waals surface area contributed by atoms with Crippen molar-refractivity contribution >= 4 is 29.9 Å². The van der Waals surface area contributed by atoms with Gasteiger partial charge in [-0.25, -0.2) is 13.9 Å². The van der Waals surface area contributed by atoms with Crippen molar-refractivity contribution in [2.45, 2.75) is 25.1 Å². The Morgan fingerprint density at radius 3 is 2.85 bits per heavy atom. The van der Waals surface area contributed by atoms with Crippen LogP contribution < -0.4 is 15.5 Å². The number of halogens is 2. The highest BCUT2D eigenvalue weighted by Gasteiger charge is 2.33. The number of nitrogens with zero attached hydrogens (tertiary/aromatic N) is 5. The van der Waals surface area contributed by atoms with Gasteiger partial charge in [0.2, 0.25) is 0 Å². The highest BCUT2D eigenvalue weighted by Crippen LogP contribution is 2.29. The van der Waals surface area contributed by atoms with Gasteiger partial charge in [0.1, 0.15) is 11.9 Å². The van der Waals surface area contributed by atoms with Crippen molar-refractivity contribution in [2.24, 2.45) is 5.73 Å². The van der Waals surface area contributed by atoms with E-state index in [4.69, 9.17) is 10.5 Å². The Hall–Kier alpha value is -2.39. The molecule has 0 spiro atoms. The monoisotopic (exact) mass is 382 g/mol. The quantitative estimate of drug-likeness (QED) is 0.859. The number of benzene rings is 1. The minimum atomic E-state index is -0.486. The molecule has 1 aromatic heterocycles. The molecule has 26 heavy (non-hydrogen) atoms. The second-order valence-corrected chi connectivity index (χ2v) is 6.37. The van der Waals surface area contributed by atoms with E-state index in [0.717, 1.165) is 13.0 Å². The first-order valence-electron chi connectivity index (χ1n) is 8.22. The van der Waals surface area contributed by atoms with E-state index >= 15 is 0 Å². The van der Waals surface area contributed by atoms with Gasteiger partial charge in [-0.15, -0.1) is 17.5 Å². The van der Waals surface area contributed by atoms with Crippen LogP contribution in [-0.4, -0.2) is 52.9 Å². The van der Waals surface area contributed by atoms with E-state index in [9.17, 15) is 9.18 Å². The summed E-state index contributed by atoms with van der Waals surface area (Å²) < 4.78 is 21.5. The largest absolute Gasteiger partial charge is 0.442 e. The molecule has 1 aromatic carbocycles. The number of amides is 1. The average molecular weight is 383 g/mol. The van der Waals surface area contributed by atoms with Gasteiger partial charge in [-0.3, -0.25) is 4.90 Å². The zero-order valence-corrected chi connectivity index (χ0v) is 14.8. The summed E-state index contributed by atoms with van der Waals surface area (Å²) in [5.74, 6) is -0.362. The molecule has 2 aromatic rings. The summed E-state index contributed by atoms with van der Waals surface area (Å²) >= 11 is 0. The van der Waals surface area contributed by atoms with Gasteiger partial charge in [0, 0.05) is 25.3 Å². The van der Waals surface area contributed by atoms with Crippen LogP contribution in [0.25, 0.3) is 0 Å². The summed E-state index contributed by atoms with van der Waals surface area (Å²) in [4.78, 5) is 15.5. The lowest BCUT2D eigenvalue weighted by Crippen LogP contribution is -2.28. The van der Waals surface area contributed by atoms with Crippen molar-refractivity contribution < 1.29 is 13.9 Å². The molecule has 2 atom stereocenters. The summed E-state index contributed by atoms with van der Waals surface area (Å²) in [6.45, 7) is 2.13. The number of cyclic esters (lactones) is 1. The van der Waals surface area contributed by atoms with Crippen molar-refractivity contribution in [3.8, 4) is 0 Å². The van der Waals surface area contributed by atoms with Gasteiger partial charge in [-0.05, 0) is 24.6 Å². The SMILES string of the molecule is Cl.N[C@H]1CCN(c2ccc(N3C[C@H](Cn4ccnn4)OC3=O)cc2F)C1. The predicted molar refractivity (Wildman–Crippen MR) is 96.1 cm³/mol. The van der Waals surface area contributed by atoms with E-state index in [2.05, 4.69) is 10.3 Å². The summed E-state index contributed by atoms with van der Waals surface area (Å²) in [5, 5.41) is 7.58. The number of anilines is 2. The van der Waals surface area contributed by atoms with E-state index in [0.29, 0.717) is 31.0 Å². The van der Waals surface area contributed by atoms with E-state index in [-0.39, 0.29) is 30.4 Å². The lowest BCUT2D eigenvalue weighted by atomic mass is 10.2. The molecular formula is C16H20ClFN6O2. The molecule has 2 N–H and O–H groups in total. The fourth-order valence-corrected chi connectivity index (χ4v) is 3.29. The number of hydrogen-bond donors (Lipinski definition) is 1. The van der Waals surface area contributed by atoms with Crippen LogP contribution in [0.3, 0.4) is 0 Å².